The second-order valence-electron chi connectivity index (χ2n) is 7.72. The van der Waals surface area contributed by atoms with Gasteiger partial charge in [-0.1, -0.05) is 42.5 Å². The zero-order valence-corrected chi connectivity index (χ0v) is 17.1. The number of carbonyl (C=O) groups excluding carboxylic acids is 1. The quantitative estimate of drug-likeness (QED) is 0.609. The first-order valence-electron chi connectivity index (χ1n) is 10.3. The number of nitrogens with zero attached hydrogens (tertiary/aromatic N) is 2. The van der Waals surface area contributed by atoms with Crippen LogP contribution in [-0.2, 0) is 6.54 Å². The number of likely N-dealkylation sites (tertiary alicyclic amines) is 1. The Morgan fingerprint density at radius 1 is 1.07 bits per heavy atom. The van der Waals surface area contributed by atoms with E-state index in [1.807, 2.05) is 31.2 Å². The first kappa shape index (κ1) is 20.0. The van der Waals surface area contributed by atoms with Gasteiger partial charge in [0.05, 0.1) is 11.4 Å². The number of para-hydroxylation sites is 2. The minimum Gasteiger partial charge on any atom is -0.335 e. The van der Waals surface area contributed by atoms with E-state index in [1.165, 1.54) is 5.56 Å². The van der Waals surface area contributed by atoms with Crippen molar-refractivity contribution < 1.29 is 4.79 Å². The van der Waals surface area contributed by atoms with E-state index in [1.54, 1.807) is 16.8 Å². The Morgan fingerprint density at radius 3 is 2.47 bits per heavy atom. The van der Waals surface area contributed by atoms with Gasteiger partial charge >= 0.3 is 11.7 Å². The fourth-order valence-corrected chi connectivity index (χ4v) is 3.95. The molecule has 0 atom stereocenters. The summed E-state index contributed by atoms with van der Waals surface area (Å²) in [5.74, 6) is 0. The number of hydrogen-bond donors (Lipinski definition) is 3. The molecular formula is C23H27N5O2. The topological polar surface area (TPSA) is 82.2 Å². The maximum Gasteiger partial charge on any atom is 0.330 e. The molecule has 4 rings (SSSR count). The van der Waals surface area contributed by atoms with Gasteiger partial charge in [-0.25, -0.2) is 9.59 Å². The van der Waals surface area contributed by atoms with Gasteiger partial charge in [-0.15, -0.1) is 0 Å². The highest BCUT2D eigenvalue weighted by Crippen LogP contribution is 2.20. The van der Waals surface area contributed by atoms with Gasteiger partial charge in [0.1, 0.15) is 0 Å². The van der Waals surface area contributed by atoms with Gasteiger partial charge in [0.15, 0.2) is 0 Å². The molecule has 1 aromatic heterocycles. The maximum atomic E-state index is 12.6. The Hall–Kier alpha value is -3.32. The lowest BCUT2D eigenvalue weighted by molar-refractivity contribution is 0.190. The van der Waals surface area contributed by atoms with Gasteiger partial charge in [-0.2, -0.15) is 0 Å². The molecule has 0 spiro atoms. The minimum absolute atomic E-state index is 0.140. The minimum atomic E-state index is -0.245. The summed E-state index contributed by atoms with van der Waals surface area (Å²) in [6.45, 7) is 4.69. The van der Waals surface area contributed by atoms with Crippen molar-refractivity contribution >= 4 is 11.7 Å². The predicted molar refractivity (Wildman–Crippen MR) is 118 cm³/mol. The molecule has 3 N–H and O–H groups in total. The Kier molecular flexibility index (Phi) is 5.99. The third-order valence-corrected chi connectivity index (χ3v) is 5.53. The summed E-state index contributed by atoms with van der Waals surface area (Å²) < 4.78 is 1.55. The van der Waals surface area contributed by atoms with E-state index in [2.05, 4.69) is 44.8 Å². The standard InChI is InChI=1S/C23H27N5O2/c1-17-15-24-23(30)28(17)21-10-6-5-9-20(21)26-22(29)25-19-11-13-27(14-12-19)16-18-7-3-2-4-8-18/h2-10,15,19H,11-14,16H2,1H3,(H,24,30)(H2,25,26,29). The molecule has 3 aromatic rings. The first-order valence-corrected chi connectivity index (χ1v) is 10.3. The van der Waals surface area contributed by atoms with Crippen LogP contribution in [0, 0.1) is 6.92 Å². The highest BCUT2D eigenvalue weighted by Gasteiger charge is 2.21. The van der Waals surface area contributed by atoms with Crippen LogP contribution in [0.2, 0.25) is 0 Å². The molecule has 1 saturated heterocycles. The van der Waals surface area contributed by atoms with Crippen LogP contribution in [0.15, 0.2) is 65.6 Å². The van der Waals surface area contributed by atoms with Crippen molar-refractivity contribution in [1.29, 1.82) is 0 Å². The van der Waals surface area contributed by atoms with Gasteiger partial charge in [0.25, 0.3) is 0 Å². The number of piperidine rings is 1. The number of imidazole rings is 1. The highest BCUT2D eigenvalue weighted by molar-refractivity contribution is 5.91. The van der Waals surface area contributed by atoms with Crippen LogP contribution in [0.1, 0.15) is 24.1 Å². The number of H-pyrrole nitrogens is 1. The molecule has 7 nitrogen and oxygen atoms in total. The molecule has 0 radical (unpaired) electrons. The van der Waals surface area contributed by atoms with Gasteiger partial charge in [-0.05, 0) is 37.5 Å². The number of aryl methyl sites for hydroxylation is 1. The van der Waals surface area contributed by atoms with E-state index in [-0.39, 0.29) is 17.8 Å². The lowest BCUT2D eigenvalue weighted by Crippen LogP contribution is -2.45. The lowest BCUT2D eigenvalue weighted by Gasteiger charge is -2.32. The summed E-state index contributed by atoms with van der Waals surface area (Å²) in [6, 6.07) is 17.7. The van der Waals surface area contributed by atoms with Crippen LogP contribution < -0.4 is 16.3 Å². The normalized spacial score (nSPS) is 15.1. The lowest BCUT2D eigenvalue weighted by atomic mass is 10.0. The molecule has 2 aromatic carbocycles. The van der Waals surface area contributed by atoms with Crippen molar-refractivity contribution in [2.75, 3.05) is 18.4 Å². The predicted octanol–water partition coefficient (Wildman–Crippen LogP) is 3.26. The van der Waals surface area contributed by atoms with Gasteiger partial charge in [0, 0.05) is 37.6 Å². The second kappa shape index (κ2) is 9.00. The Morgan fingerprint density at radius 2 is 1.77 bits per heavy atom. The largest absolute Gasteiger partial charge is 0.335 e. The van der Waals surface area contributed by atoms with Crippen molar-refractivity contribution in [2.24, 2.45) is 0 Å². The molecule has 1 fully saturated rings. The van der Waals surface area contributed by atoms with E-state index >= 15 is 0 Å². The highest BCUT2D eigenvalue weighted by atomic mass is 16.2. The maximum absolute atomic E-state index is 12.6. The molecule has 1 aliphatic rings. The van der Waals surface area contributed by atoms with E-state index < -0.39 is 0 Å². The Labute approximate surface area is 175 Å². The summed E-state index contributed by atoms with van der Waals surface area (Å²) >= 11 is 0. The van der Waals surface area contributed by atoms with E-state index in [0.29, 0.717) is 11.4 Å². The second-order valence-corrected chi connectivity index (χ2v) is 7.72. The van der Waals surface area contributed by atoms with Crippen molar-refractivity contribution in [2.45, 2.75) is 32.4 Å². The van der Waals surface area contributed by atoms with Crippen LogP contribution >= 0.6 is 0 Å². The monoisotopic (exact) mass is 405 g/mol. The number of urea groups is 1. The van der Waals surface area contributed by atoms with E-state index in [0.717, 1.165) is 38.2 Å². The fourth-order valence-electron chi connectivity index (χ4n) is 3.95. The van der Waals surface area contributed by atoms with Crippen LogP contribution in [0.4, 0.5) is 10.5 Å². The third-order valence-electron chi connectivity index (χ3n) is 5.53. The van der Waals surface area contributed by atoms with Crippen LogP contribution in [0.5, 0.6) is 0 Å². The number of benzene rings is 2. The number of amides is 2. The molecule has 0 bridgehead atoms. The molecule has 7 heteroatoms. The average Bonchev–Trinajstić information content (AvgIpc) is 3.09. The number of rotatable bonds is 5. The number of carbonyl (C=O) groups is 1. The van der Waals surface area contributed by atoms with Gasteiger partial charge in [0.2, 0.25) is 0 Å². The number of anilines is 1. The summed E-state index contributed by atoms with van der Waals surface area (Å²) in [5, 5.41) is 6.00. The van der Waals surface area contributed by atoms with Crippen molar-refractivity contribution in [3.05, 3.63) is 82.5 Å². The summed E-state index contributed by atoms with van der Waals surface area (Å²) in [5.41, 5.74) is 3.11. The molecule has 0 aliphatic carbocycles. The van der Waals surface area contributed by atoms with Crippen LogP contribution in [0.3, 0.4) is 0 Å². The number of aromatic amines is 1. The first-order chi connectivity index (χ1) is 14.6. The fraction of sp³-hybridized carbons (Fsp3) is 0.304. The summed E-state index contributed by atoms with van der Waals surface area (Å²) in [4.78, 5) is 29.8. The van der Waals surface area contributed by atoms with Crippen molar-refractivity contribution in [3.63, 3.8) is 0 Å². The zero-order valence-electron chi connectivity index (χ0n) is 17.1. The van der Waals surface area contributed by atoms with Crippen molar-refractivity contribution in [1.82, 2.24) is 19.8 Å². The SMILES string of the molecule is Cc1c[nH]c(=O)n1-c1ccccc1NC(=O)NC1CCN(Cc2ccccc2)CC1. The Balaban J connectivity index is 1.34. The average molecular weight is 406 g/mol. The summed E-state index contributed by atoms with van der Waals surface area (Å²) in [7, 11) is 0. The zero-order chi connectivity index (χ0) is 20.9. The molecular weight excluding hydrogens is 378 g/mol. The van der Waals surface area contributed by atoms with E-state index in [4.69, 9.17) is 0 Å². The van der Waals surface area contributed by atoms with E-state index in [9.17, 15) is 9.59 Å². The van der Waals surface area contributed by atoms with Crippen LogP contribution in [-0.4, -0.2) is 39.6 Å². The molecule has 30 heavy (non-hydrogen) atoms. The molecule has 2 heterocycles. The van der Waals surface area contributed by atoms with Crippen molar-refractivity contribution in [3.8, 4) is 5.69 Å². The van der Waals surface area contributed by atoms with Gasteiger partial charge < -0.3 is 15.6 Å². The summed E-state index contributed by atoms with van der Waals surface area (Å²) in [6.07, 6.45) is 3.49. The smallest absolute Gasteiger partial charge is 0.330 e. The molecule has 0 saturated carbocycles. The third kappa shape index (κ3) is 4.63. The molecule has 156 valence electrons. The van der Waals surface area contributed by atoms with Crippen LogP contribution in [0.25, 0.3) is 5.69 Å². The molecule has 0 unspecified atom stereocenters. The number of aromatic nitrogens is 2. The van der Waals surface area contributed by atoms with Gasteiger partial charge in [-0.3, -0.25) is 9.47 Å². The number of nitrogens with one attached hydrogen (secondary N) is 3. The molecule has 2 amide bonds. The Bertz CT molecular complexity index is 1050. The number of hydrogen-bond acceptors (Lipinski definition) is 3. The molecule has 1 aliphatic heterocycles.